The smallest absolute Gasteiger partial charge is 0.276 e. The molecule has 1 aromatic rings. The summed E-state index contributed by atoms with van der Waals surface area (Å²) in [7, 11) is -3.51. The minimum Gasteiger partial charge on any atom is -0.447 e. The fourth-order valence-electron chi connectivity index (χ4n) is 3.31. The van der Waals surface area contributed by atoms with Crippen LogP contribution in [0.5, 0.6) is 0 Å². The number of nitrogens with two attached hydrogens (primary N) is 1. The van der Waals surface area contributed by atoms with E-state index in [1.54, 1.807) is 6.07 Å². The molecule has 118 valence electrons. The Morgan fingerprint density at radius 1 is 1.14 bits per heavy atom. The summed E-state index contributed by atoms with van der Waals surface area (Å²) < 4.78 is 31.9. The highest BCUT2D eigenvalue weighted by Crippen LogP contribution is 2.26. The van der Waals surface area contributed by atoms with E-state index in [0.29, 0.717) is 24.9 Å². The maximum atomic E-state index is 12.5. The second-order valence-electron chi connectivity index (χ2n) is 5.80. The Labute approximate surface area is 125 Å². The van der Waals surface area contributed by atoms with Crippen LogP contribution in [0.4, 0.5) is 0 Å². The molecule has 6 nitrogen and oxygen atoms in total. The summed E-state index contributed by atoms with van der Waals surface area (Å²) in [5.74, 6) is 0.498. The van der Waals surface area contributed by atoms with Gasteiger partial charge in [-0.1, -0.05) is 12.8 Å². The first-order valence-corrected chi connectivity index (χ1v) is 9.08. The van der Waals surface area contributed by atoms with E-state index in [1.165, 1.54) is 36.1 Å². The molecule has 0 unspecified atom stereocenters. The third-order valence-electron chi connectivity index (χ3n) is 4.55. The predicted octanol–water partition coefficient (Wildman–Crippen LogP) is 0.987. The van der Waals surface area contributed by atoms with Gasteiger partial charge in [-0.25, -0.2) is 8.42 Å². The lowest BCUT2D eigenvalue weighted by Crippen LogP contribution is -2.51. The highest BCUT2D eigenvalue weighted by atomic mass is 32.2. The number of hydrogen-bond donors (Lipinski definition) is 1. The van der Waals surface area contributed by atoms with Crippen molar-refractivity contribution in [2.24, 2.45) is 5.73 Å². The van der Waals surface area contributed by atoms with E-state index in [-0.39, 0.29) is 11.6 Å². The van der Waals surface area contributed by atoms with Crippen LogP contribution in [0, 0.1) is 0 Å². The molecule has 7 heteroatoms. The Morgan fingerprint density at radius 2 is 1.81 bits per heavy atom. The van der Waals surface area contributed by atoms with Gasteiger partial charge in [0.2, 0.25) is 5.09 Å². The summed E-state index contributed by atoms with van der Waals surface area (Å²) in [4.78, 5) is 2.44. The van der Waals surface area contributed by atoms with Crippen LogP contribution >= 0.6 is 0 Å². The molecule has 2 N–H and O–H groups in total. The number of furan rings is 1. The van der Waals surface area contributed by atoms with E-state index in [2.05, 4.69) is 4.90 Å². The molecule has 0 bridgehead atoms. The Hall–Kier alpha value is -0.890. The second-order valence-corrected chi connectivity index (χ2v) is 7.67. The number of rotatable bonds is 4. The van der Waals surface area contributed by atoms with Crippen LogP contribution in [0.15, 0.2) is 21.6 Å². The van der Waals surface area contributed by atoms with Gasteiger partial charge in [-0.15, -0.1) is 0 Å². The topological polar surface area (TPSA) is 79.8 Å². The number of piperazine rings is 1. The summed E-state index contributed by atoms with van der Waals surface area (Å²) >= 11 is 0. The van der Waals surface area contributed by atoms with Crippen LogP contribution in [0.3, 0.4) is 0 Å². The lowest BCUT2D eigenvalue weighted by Gasteiger charge is -2.36. The van der Waals surface area contributed by atoms with Gasteiger partial charge in [-0.3, -0.25) is 4.90 Å². The molecule has 0 spiro atoms. The fourth-order valence-corrected chi connectivity index (χ4v) is 4.66. The van der Waals surface area contributed by atoms with Crippen LogP contribution in [0.25, 0.3) is 0 Å². The van der Waals surface area contributed by atoms with Gasteiger partial charge >= 0.3 is 0 Å². The van der Waals surface area contributed by atoms with Gasteiger partial charge in [0.25, 0.3) is 10.0 Å². The zero-order chi connectivity index (χ0) is 14.9. The van der Waals surface area contributed by atoms with Gasteiger partial charge in [-0.05, 0) is 25.0 Å². The molecule has 1 saturated carbocycles. The zero-order valence-corrected chi connectivity index (χ0v) is 13.0. The summed E-state index contributed by atoms with van der Waals surface area (Å²) in [6, 6.07) is 3.78. The molecule has 2 aliphatic rings. The van der Waals surface area contributed by atoms with E-state index in [0.717, 1.165) is 13.1 Å². The van der Waals surface area contributed by atoms with E-state index >= 15 is 0 Å². The predicted molar refractivity (Wildman–Crippen MR) is 79.2 cm³/mol. The number of nitrogens with zero attached hydrogens (tertiary/aromatic N) is 2. The molecule has 1 saturated heterocycles. The molecule has 2 heterocycles. The normalized spacial score (nSPS) is 22.9. The first kappa shape index (κ1) is 15.0. The summed E-state index contributed by atoms with van der Waals surface area (Å²) in [6.45, 7) is 2.92. The maximum absolute atomic E-state index is 12.5. The van der Waals surface area contributed by atoms with E-state index < -0.39 is 10.0 Å². The first-order chi connectivity index (χ1) is 10.1. The molecular weight excluding hydrogens is 290 g/mol. The van der Waals surface area contributed by atoms with Gasteiger partial charge in [0.15, 0.2) is 0 Å². The van der Waals surface area contributed by atoms with E-state index in [1.807, 2.05) is 0 Å². The first-order valence-electron chi connectivity index (χ1n) is 7.64. The van der Waals surface area contributed by atoms with Gasteiger partial charge < -0.3 is 10.2 Å². The van der Waals surface area contributed by atoms with Crippen LogP contribution < -0.4 is 5.73 Å². The second kappa shape index (κ2) is 6.08. The minimum absolute atomic E-state index is 0.0114. The Kier molecular flexibility index (Phi) is 4.35. The molecule has 2 fully saturated rings. The third-order valence-corrected chi connectivity index (χ3v) is 6.32. The highest BCUT2D eigenvalue weighted by molar-refractivity contribution is 7.89. The van der Waals surface area contributed by atoms with Crippen molar-refractivity contribution in [3.63, 3.8) is 0 Å². The van der Waals surface area contributed by atoms with Crippen molar-refractivity contribution < 1.29 is 12.8 Å². The molecule has 0 amide bonds. The Morgan fingerprint density at radius 3 is 2.38 bits per heavy atom. The molecule has 3 rings (SSSR count). The van der Waals surface area contributed by atoms with Gasteiger partial charge in [0, 0.05) is 32.2 Å². The monoisotopic (exact) mass is 313 g/mol. The van der Waals surface area contributed by atoms with Crippen LogP contribution in [-0.4, -0.2) is 49.8 Å². The minimum atomic E-state index is -3.51. The van der Waals surface area contributed by atoms with E-state index in [9.17, 15) is 8.42 Å². The SMILES string of the molecule is NCc1ccc(S(=O)(=O)N2CCN(C3CCCC3)CC2)o1. The quantitative estimate of drug-likeness (QED) is 0.896. The summed E-state index contributed by atoms with van der Waals surface area (Å²) in [6.07, 6.45) is 5.12. The van der Waals surface area contributed by atoms with Gasteiger partial charge in [-0.2, -0.15) is 4.31 Å². The van der Waals surface area contributed by atoms with Crippen LogP contribution in [-0.2, 0) is 16.6 Å². The van der Waals surface area contributed by atoms with Crippen molar-refractivity contribution in [3.05, 3.63) is 17.9 Å². The number of hydrogen-bond acceptors (Lipinski definition) is 5. The van der Waals surface area contributed by atoms with Crippen molar-refractivity contribution in [2.45, 2.75) is 43.4 Å². The van der Waals surface area contributed by atoms with Crippen molar-refractivity contribution in [1.29, 1.82) is 0 Å². The van der Waals surface area contributed by atoms with E-state index in [4.69, 9.17) is 10.2 Å². The third kappa shape index (κ3) is 3.01. The highest BCUT2D eigenvalue weighted by Gasteiger charge is 2.33. The number of sulfonamides is 1. The van der Waals surface area contributed by atoms with Crippen molar-refractivity contribution in [1.82, 2.24) is 9.21 Å². The molecule has 0 atom stereocenters. The lowest BCUT2D eigenvalue weighted by molar-refractivity contribution is 0.138. The van der Waals surface area contributed by atoms with Crippen molar-refractivity contribution in [3.8, 4) is 0 Å². The average Bonchev–Trinajstić information content (AvgIpc) is 3.19. The summed E-state index contributed by atoms with van der Waals surface area (Å²) in [5, 5.41) is 0.0114. The van der Waals surface area contributed by atoms with Crippen molar-refractivity contribution in [2.75, 3.05) is 26.2 Å². The van der Waals surface area contributed by atoms with Crippen LogP contribution in [0.1, 0.15) is 31.4 Å². The molecule has 1 aliphatic heterocycles. The molecule has 0 aromatic carbocycles. The Bertz CT molecular complexity index is 570. The Balaban J connectivity index is 1.65. The molecule has 0 radical (unpaired) electrons. The zero-order valence-electron chi connectivity index (χ0n) is 12.2. The molecule has 21 heavy (non-hydrogen) atoms. The largest absolute Gasteiger partial charge is 0.447 e. The summed E-state index contributed by atoms with van der Waals surface area (Å²) in [5.41, 5.74) is 5.46. The van der Waals surface area contributed by atoms with Crippen LogP contribution in [0.2, 0.25) is 0 Å². The van der Waals surface area contributed by atoms with Crippen molar-refractivity contribution >= 4 is 10.0 Å². The van der Waals surface area contributed by atoms with Gasteiger partial charge in [0.1, 0.15) is 5.76 Å². The van der Waals surface area contributed by atoms with Gasteiger partial charge in [0.05, 0.1) is 6.54 Å². The standard InChI is InChI=1S/C14H23N3O3S/c15-11-13-5-6-14(20-13)21(18,19)17-9-7-16(8-10-17)12-3-1-2-4-12/h5-6,12H,1-4,7-11,15H2. The molecule has 1 aliphatic carbocycles. The fraction of sp³-hybridized carbons (Fsp3) is 0.714. The maximum Gasteiger partial charge on any atom is 0.276 e. The molecule has 1 aromatic heterocycles. The lowest BCUT2D eigenvalue weighted by atomic mass is 10.2. The molecular formula is C14H23N3O3S. The average molecular weight is 313 g/mol.